The van der Waals surface area contributed by atoms with Crippen molar-refractivity contribution in [2.45, 2.75) is 82.3 Å². The summed E-state index contributed by atoms with van der Waals surface area (Å²) in [6.45, 7) is 2.14. The molecule has 0 aromatic heterocycles. The lowest BCUT2D eigenvalue weighted by Gasteiger charge is -2.35. The first-order valence-corrected chi connectivity index (χ1v) is 11.8. The van der Waals surface area contributed by atoms with Crippen LogP contribution in [0.4, 0.5) is 0 Å². The molecule has 5 atom stereocenters. The summed E-state index contributed by atoms with van der Waals surface area (Å²) in [6.07, 6.45) is 3.64. The second-order valence-corrected chi connectivity index (χ2v) is 8.80. The van der Waals surface area contributed by atoms with Crippen LogP contribution in [-0.2, 0) is 23.9 Å². The molecule has 9 nitrogen and oxygen atoms in total. The van der Waals surface area contributed by atoms with E-state index in [1.54, 1.807) is 36.1 Å². The van der Waals surface area contributed by atoms with Gasteiger partial charge in [-0.1, -0.05) is 31.0 Å². The van der Waals surface area contributed by atoms with Crippen LogP contribution in [0.25, 0.3) is 0 Å². The van der Waals surface area contributed by atoms with Crippen molar-refractivity contribution in [1.29, 1.82) is 0 Å². The number of carbonyl (C=O) groups excluding carboxylic acids is 4. The Morgan fingerprint density at radius 2 is 1.82 bits per heavy atom. The summed E-state index contributed by atoms with van der Waals surface area (Å²) in [5.74, 6) is -1.25. The van der Waals surface area contributed by atoms with Crippen LogP contribution in [-0.4, -0.2) is 65.7 Å². The highest BCUT2D eigenvalue weighted by Gasteiger charge is 2.45. The van der Waals surface area contributed by atoms with Crippen molar-refractivity contribution in [2.24, 2.45) is 0 Å². The van der Waals surface area contributed by atoms with E-state index in [-0.39, 0.29) is 30.2 Å². The molecule has 9 heteroatoms. The number of ether oxygens (including phenoxy) is 2. The predicted octanol–water partition coefficient (Wildman–Crippen LogP) is 1.51. The lowest BCUT2D eigenvalue weighted by Crippen LogP contribution is -2.57. The van der Waals surface area contributed by atoms with Crippen molar-refractivity contribution in [3.63, 3.8) is 0 Å². The highest BCUT2D eigenvalue weighted by atomic mass is 16.7. The fraction of sp³-hybridized carbons (Fsp3) is 0.583. The van der Waals surface area contributed by atoms with E-state index < -0.39 is 30.4 Å². The zero-order valence-corrected chi connectivity index (χ0v) is 18.8. The molecule has 3 saturated heterocycles. The Bertz CT molecular complexity index is 891. The van der Waals surface area contributed by atoms with Crippen LogP contribution in [0, 0.1) is 0 Å². The van der Waals surface area contributed by atoms with E-state index in [9.17, 15) is 19.2 Å². The summed E-state index contributed by atoms with van der Waals surface area (Å²) >= 11 is 0. The molecular weight excluding hydrogens is 426 g/mol. The number of amides is 3. The molecule has 3 aliphatic heterocycles. The van der Waals surface area contributed by atoms with E-state index in [4.69, 9.17) is 9.47 Å². The van der Waals surface area contributed by atoms with Crippen LogP contribution in [0.5, 0.6) is 0 Å². The molecule has 2 N–H and O–H groups in total. The zero-order chi connectivity index (χ0) is 23.4. The van der Waals surface area contributed by atoms with Gasteiger partial charge in [0.1, 0.15) is 18.1 Å². The highest BCUT2D eigenvalue weighted by Crippen LogP contribution is 2.32. The fourth-order valence-corrected chi connectivity index (χ4v) is 5.00. The minimum Gasteiger partial charge on any atom is -0.433 e. The van der Waals surface area contributed by atoms with Gasteiger partial charge in [0.15, 0.2) is 0 Å². The number of cyclic esters (lactones) is 1. The maximum Gasteiger partial charge on any atom is 0.310 e. The summed E-state index contributed by atoms with van der Waals surface area (Å²) in [6, 6.07) is 6.86. The van der Waals surface area contributed by atoms with Crippen molar-refractivity contribution in [2.75, 3.05) is 6.61 Å². The second-order valence-electron chi connectivity index (χ2n) is 8.80. The van der Waals surface area contributed by atoms with E-state index in [2.05, 4.69) is 10.6 Å². The molecule has 0 radical (unpaired) electrons. The van der Waals surface area contributed by atoms with Gasteiger partial charge in [-0.05, 0) is 44.7 Å². The number of nitrogens with zero attached hydrogens (tertiary/aromatic N) is 1. The zero-order valence-electron chi connectivity index (χ0n) is 18.8. The fourth-order valence-electron chi connectivity index (χ4n) is 5.00. The van der Waals surface area contributed by atoms with Gasteiger partial charge in [-0.25, -0.2) is 0 Å². The summed E-state index contributed by atoms with van der Waals surface area (Å²) < 4.78 is 10.6. The molecular formula is C24H31N3O6. The van der Waals surface area contributed by atoms with Crippen molar-refractivity contribution in [1.82, 2.24) is 15.5 Å². The normalized spacial score (nSPS) is 29.6. The molecule has 33 heavy (non-hydrogen) atoms. The van der Waals surface area contributed by atoms with Gasteiger partial charge in [-0.15, -0.1) is 0 Å². The first-order valence-electron chi connectivity index (χ1n) is 11.8. The van der Waals surface area contributed by atoms with E-state index in [1.165, 1.54) is 0 Å². The average molecular weight is 458 g/mol. The van der Waals surface area contributed by atoms with Crippen molar-refractivity contribution >= 4 is 23.7 Å². The lowest BCUT2D eigenvalue weighted by atomic mass is 9.98. The number of fused-ring (bicyclic) bond motifs is 1. The minimum atomic E-state index is -0.815. The Hall–Kier alpha value is -2.94. The van der Waals surface area contributed by atoms with Gasteiger partial charge in [-0.3, -0.25) is 19.2 Å². The van der Waals surface area contributed by atoms with Crippen LogP contribution in [0.15, 0.2) is 30.3 Å². The Labute approximate surface area is 193 Å². The van der Waals surface area contributed by atoms with Gasteiger partial charge in [-0.2, -0.15) is 0 Å². The number of benzene rings is 1. The Balaban J connectivity index is 1.47. The number of nitrogens with one attached hydrogen (secondary N) is 2. The summed E-state index contributed by atoms with van der Waals surface area (Å²) in [4.78, 5) is 52.8. The minimum absolute atomic E-state index is 0.0335. The van der Waals surface area contributed by atoms with Crippen LogP contribution >= 0.6 is 0 Å². The number of rotatable bonds is 6. The molecule has 1 aromatic carbocycles. The number of hydrogen-bond donors (Lipinski definition) is 2. The van der Waals surface area contributed by atoms with Crippen molar-refractivity contribution in [3.8, 4) is 0 Å². The molecule has 178 valence electrons. The molecule has 3 fully saturated rings. The van der Waals surface area contributed by atoms with Gasteiger partial charge in [0.2, 0.25) is 18.1 Å². The maximum absolute atomic E-state index is 13.5. The topological polar surface area (TPSA) is 114 Å². The first kappa shape index (κ1) is 23.2. The third kappa shape index (κ3) is 5.19. The number of carbonyl (C=O) groups is 4. The maximum atomic E-state index is 13.5. The average Bonchev–Trinajstić information content (AvgIpc) is 3.37. The van der Waals surface area contributed by atoms with Crippen LogP contribution < -0.4 is 10.6 Å². The quantitative estimate of drug-likeness (QED) is 0.626. The molecule has 3 heterocycles. The first-order chi connectivity index (χ1) is 16.0. The second kappa shape index (κ2) is 10.3. The molecule has 4 rings (SSSR count). The van der Waals surface area contributed by atoms with E-state index in [0.29, 0.717) is 25.0 Å². The van der Waals surface area contributed by atoms with Gasteiger partial charge in [0.05, 0.1) is 6.42 Å². The van der Waals surface area contributed by atoms with Crippen LogP contribution in [0.2, 0.25) is 0 Å². The number of hydrogen-bond acceptors (Lipinski definition) is 6. The molecule has 1 unspecified atom stereocenters. The van der Waals surface area contributed by atoms with E-state index in [1.807, 2.05) is 6.07 Å². The largest absolute Gasteiger partial charge is 0.433 e. The molecule has 1 aromatic rings. The van der Waals surface area contributed by atoms with Gasteiger partial charge in [0, 0.05) is 18.2 Å². The molecule has 0 spiro atoms. The molecule has 3 amide bonds. The van der Waals surface area contributed by atoms with Crippen LogP contribution in [0.3, 0.4) is 0 Å². The van der Waals surface area contributed by atoms with Crippen molar-refractivity contribution in [3.05, 3.63) is 35.9 Å². The Morgan fingerprint density at radius 1 is 1.06 bits per heavy atom. The molecule has 0 aliphatic carbocycles. The van der Waals surface area contributed by atoms with Crippen LogP contribution in [0.1, 0.15) is 62.2 Å². The standard InChI is InChI=1S/C24H31N3O6/c1-2-32-24-18(14-20(28)33-24)26-22(30)19-13-12-16-10-6-7-11-17(23(31)27(16)19)25-21(29)15-8-4-3-5-9-15/h3-5,8-9,16-19,24H,2,6-7,10-14H2,1H3,(H,25,29)(H,26,30)/t16-,17-,18-,19-,24?/m0/s1. The Kier molecular flexibility index (Phi) is 7.27. The van der Waals surface area contributed by atoms with Crippen molar-refractivity contribution < 1.29 is 28.7 Å². The molecule has 3 aliphatic rings. The highest BCUT2D eigenvalue weighted by molar-refractivity contribution is 5.98. The summed E-state index contributed by atoms with van der Waals surface area (Å²) in [5.41, 5.74) is 0.493. The third-order valence-electron chi connectivity index (χ3n) is 6.60. The van der Waals surface area contributed by atoms with Gasteiger partial charge >= 0.3 is 5.97 Å². The summed E-state index contributed by atoms with van der Waals surface area (Å²) in [5, 5.41) is 5.75. The Morgan fingerprint density at radius 3 is 2.58 bits per heavy atom. The van der Waals surface area contributed by atoms with Gasteiger partial charge in [0.25, 0.3) is 5.91 Å². The lowest BCUT2D eigenvalue weighted by molar-refractivity contribution is -0.164. The monoisotopic (exact) mass is 457 g/mol. The third-order valence-corrected chi connectivity index (χ3v) is 6.60. The van der Waals surface area contributed by atoms with E-state index in [0.717, 1.165) is 25.7 Å². The molecule has 0 bridgehead atoms. The van der Waals surface area contributed by atoms with Gasteiger partial charge < -0.3 is 25.0 Å². The predicted molar refractivity (Wildman–Crippen MR) is 118 cm³/mol. The van der Waals surface area contributed by atoms with E-state index >= 15 is 0 Å². The smallest absolute Gasteiger partial charge is 0.310 e. The molecule has 0 saturated carbocycles. The SMILES string of the molecule is CCOC1OC(=O)C[C@@H]1NC(=O)[C@@H]1CC[C@@H]2CCCC[C@H](NC(=O)c3ccccc3)C(=O)N21. The number of esters is 1. The summed E-state index contributed by atoms with van der Waals surface area (Å²) in [7, 11) is 0.